The van der Waals surface area contributed by atoms with Crippen LogP contribution >= 0.6 is 0 Å². The van der Waals surface area contributed by atoms with E-state index in [0.717, 1.165) is 26.1 Å². The van der Waals surface area contributed by atoms with E-state index in [1.54, 1.807) is 7.11 Å². The molecule has 1 fully saturated rings. The number of rotatable bonds is 9. The van der Waals surface area contributed by atoms with Crippen molar-refractivity contribution in [2.75, 3.05) is 26.8 Å². The summed E-state index contributed by atoms with van der Waals surface area (Å²) in [5.74, 6) is 0. The van der Waals surface area contributed by atoms with E-state index in [4.69, 9.17) is 10.5 Å². The second-order valence-corrected chi connectivity index (χ2v) is 6.01. The fourth-order valence-corrected chi connectivity index (χ4v) is 2.03. The van der Waals surface area contributed by atoms with E-state index in [-0.39, 0.29) is 5.54 Å². The molecule has 1 rings (SSSR count). The summed E-state index contributed by atoms with van der Waals surface area (Å²) in [5, 5.41) is 3.56. The predicted octanol–water partition coefficient (Wildman–Crippen LogP) is 1.91. The Morgan fingerprint density at radius 2 is 2.06 bits per heavy atom. The normalized spacial score (nSPS) is 18.8. The summed E-state index contributed by atoms with van der Waals surface area (Å²) in [6.45, 7) is 7.33. The largest absolute Gasteiger partial charge is 0.385 e. The molecular formula is C13H28N2O. The molecule has 0 spiro atoms. The summed E-state index contributed by atoms with van der Waals surface area (Å²) in [6.07, 6.45) is 6.20. The van der Waals surface area contributed by atoms with Gasteiger partial charge in [0.15, 0.2) is 0 Å². The molecule has 16 heavy (non-hydrogen) atoms. The van der Waals surface area contributed by atoms with Crippen LogP contribution < -0.4 is 11.1 Å². The van der Waals surface area contributed by atoms with E-state index in [2.05, 4.69) is 19.2 Å². The summed E-state index contributed by atoms with van der Waals surface area (Å²) in [4.78, 5) is 0. The highest BCUT2D eigenvalue weighted by molar-refractivity contribution is 4.94. The molecule has 0 saturated heterocycles. The first kappa shape index (κ1) is 13.9. The number of methoxy groups -OCH3 is 1. The van der Waals surface area contributed by atoms with E-state index < -0.39 is 0 Å². The Labute approximate surface area is 100 Å². The van der Waals surface area contributed by atoms with Crippen molar-refractivity contribution in [3.05, 3.63) is 0 Å². The van der Waals surface area contributed by atoms with Crippen LogP contribution in [0.15, 0.2) is 0 Å². The molecule has 3 N–H and O–H groups in total. The van der Waals surface area contributed by atoms with Crippen LogP contribution in [0.3, 0.4) is 0 Å². The molecule has 0 radical (unpaired) electrons. The Kier molecular flexibility index (Phi) is 5.22. The van der Waals surface area contributed by atoms with Gasteiger partial charge in [0.1, 0.15) is 0 Å². The molecule has 1 aliphatic carbocycles. The molecule has 1 aliphatic rings. The van der Waals surface area contributed by atoms with Crippen molar-refractivity contribution in [2.24, 2.45) is 11.1 Å². The molecule has 0 bridgehead atoms. The average Bonchev–Trinajstić information content (AvgIpc) is 2.94. The fraction of sp³-hybridized carbons (Fsp3) is 1.00. The molecule has 0 amide bonds. The molecule has 0 atom stereocenters. The molecule has 96 valence electrons. The molecule has 3 heteroatoms. The molecule has 0 heterocycles. The van der Waals surface area contributed by atoms with Crippen LogP contribution in [0.25, 0.3) is 0 Å². The van der Waals surface area contributed by atoms with Gasteiger partial charge in [0.25, 0.3) is 0 Å². The highest BCUT2D eigenvalue weighted by Gasteiger charge is 2.41. The van der Waals surface area contributed by atoms with Crippen molar-refractivity contribution < 1.29 is 4.74 Å². The summed E-state index contributed by atoms with van der Waals surface area (Å²) in [6, 6.07) is 0. The predicted molar refractivity (Wildman–Crippen MR) is 68.5 cm³/mol. The third-order valence-electron chi connectivity index (χ3n) is 3.47. The first-order valence-corrected chi connectivity index (χ1v) is 6.46. The topological polar surface area (TPSA) is 47.3 Å². The van der Waals surface area contributed by atoms with E-state index in [0.29, 0.717) is 5.41 Å². The first-order valence-electron chi connectivity index (χ1n) is 6.46. The van der Waals surface area contributed by atoms with Gasteiger partial charge in [0.2, 0.25) is 0 Å². The maximum atomic E-state index is 5.94. The molecule has 0 aromatic carbocycles. The van der Waals surface area contributed by atoms with E-state index in [1.807, 2.05) is 0 Å². The lowest BCUT2D eigenvalue weighted by Crippen LogP contribution is -2.33. The van der Waals surface area contributed by atoms with Crippen molar-refractivity contribution in [1.82, 2.24) is 5.32 Å². The lowest BCUT2D eigenvalue weighted by atomic mass is 10.00. The molecule has 0 unspecified atom stereocenters. The summed E-state index contributed by atoms with van der Waals surface area (Å²) in [5.41, 5.74) is 6.48. The van der Waals surface area contributed by atoms with Crippen LogP contribution in [0.1, 0.15) is 46.0 Å². The van der Waals surface area contributed by atoms with Gasteiger partial charge in [-0.3, -0.25) is 0 Å². The standard InChI is InChI=1S/C13H28N2O/c1-12(2,14)5-4-9-15-11-13(6-7-13)8-10-16-3/h15H,4-11,14H2,1-3H3. The van der Waals surface area contributed by atoms with Gasteiger partial charge < -0.3 is 15.8 Å². The van der Waals surface area contributed by atoms with Gasteiger partial charge >= 0.3 is 0 Å². The lowest BCUT2D eigenvalue weighted by molar-refractivity contribution is 0.171. The Hall–Kier alpha value is -0.120. The van der Waals surface area contributed by atoms with Gasteiger partial charge in [0.05, 0.1) is 0 Å². The summed E-state index contributed by atoms with van der Waals surface area (Å²) >= 11 is 0. The monoisotopic (exact) mass is 228 g/mol. The van der Waals surface area contributed by atoms with Crippen LogP contribution in [0, 0.1) is 5.41 Å². The SMILES string of the molecule is COCCC1(CNCCCC(C)(C)N)CC1. The number of ether oxygens (including phenoxy) is 1. The van der Waals surface area contributed by atoms with Crippen LogP contribution in [-0.4, -0.2) is 32.3 Å². The second-order valence-electron chi connectivity index (χ2n) is 6.01. The summed E-state index contributed by atoms with van der Waals surface area (Å²) in [7, 11) is 1.78. The Balaban J connectivity index is 1.99. The highest BCUT2D eigenvalue weighted by Crippen LogP contribution is 2.48. The van der Waals surface area contributed by atoms with Crippen LogP contribution in [0.4, 0.5) is 0 Å². The number of hydrogen-bond acceptors (Lipinski definition) is 3. The van der Waals surface area contributed by atoms with Crippen molar-refractivity contribution >= 4 is 0 Å². The lowest BCUT2D eigenvalue weighted by Gasteiger charge is -2.19. The molecule has 3 nitrogen and oxygen atoms in total. The van der Waals surface area contributed by atoms with Gasteiger partial charge in [-0.25, -0.2) is 0 Å². The van der Waals surface area contributed by atoms with Gasteiger partial charge in [0, 0.05) is 25.8 Å². The maximum Gasteiger partial charge on any atom is 0.0468 e. The fourth-order valence-electron chi connectivity index (χ4n) is 2.03. The van der Waals surface area contributed by atoms with Gasteiger partial charge in [-0.2, -0.15) is 0 Å². The second kappa shape index (κ2) is 5.99. The Morgan fingerprint density at radius 3 is 2.56 bits per heavy atom. The minimum Gasteiger partial charge on any atom is -0.385 e. The smallest absolute Gasteiger partial charge is 0.0468 e. The zero-order chi connectivity index (χ0) is 12.1. The van der Waals surface area contributed by atoms with Gasteiger partial charge in [-0.1, -0.05) is 0 Å². The molecule has 0 aromatic rings. The number of hydrogen-bond donors (Lipinski definition) is 2. The maximum absolute atomic E-state index is 5.94. The number of nitrogens with one attached hydrogen (secondary N) is 1. The minimum absolute atomic E-state index is 0.0189. The van der Waals surface area contributed by atoms with Gasteiger partial charge in [-0.15, -0.1) is 0 Å². The Bertz CT molecular complexity index is 195. The molecule has 0 aliphatic heterocycles. The van der Waals surface area contributed by atoms with Gasteiger partial charge in [-0.05, 0) is 57.9 Å². The third-order valence-corrected chi connectivity index (χ3v) is 3.47. The van der Waals surface area contributed by atoms with Crippen LogP contribution in [-0.2, 0) is 4.74 Å². The van der Waals surface area contributed by atoms with Crippen LogP contribution in [0.2, 0.25) is 0 Å². The summed E-state index contributed by atoms with van der Waals surface area (Å²) < 4.78 is 5.15. The van der Waals surface area contributed by atoms with E-state index in [1.165, 1.54) is 25.7 Å². The first-order chi connectivity index (χ1) is 7.47. The van der Waals surface area contributed by atoms with E-state index >= 15 is 0 Å². The third kappa shape index (κ3) is 5.83. The average molecular weight is 228 g/mol. The molecule has 1 saturated carbocycles. The molecular weight excluding hydrogens is 200 g/mol. The van der Waals surface area contributed by atoms with Crippen molar-refractivity contribution in [1.29, 1.82) is 0 Å². The highest BCUT2D eigenvalue weighted by atomic mass is 16.5. The zero-order valence-corrected chi connectivity index (χ0v) is 11.1. The minimum atomic E-state index is -0.0189. The van der Waals surface area contributed by atoms with Crippen molar-refractivity contribution in [3.63, 3.8) is 0 Å². The zero-order valence-electron chi connectivity index (χ0n) is 11.1. The quantitative estimate of drug-likeness (QED) is 0.593. The Morgan fingerprint density at radius 1 is 1.38 bits per heavy atom. The van der Waals surface area contributed by atoms with Crippen molar-refractivity contribution in [2.45, 2.75) is 51.5 Å². The van der Waals surface area contributed by atoms with Crippen molar-refractivity contribution in [3.8, 4) is 0 Å². The van der Waals surface area contributed by atoms with E-state index in [9.17, 15) is 0 Å². The number of nitrogens with two attached hydrogens (primary N) is 1. The molecule has 0 aromatic heterocycles. The van der Waals surface area contributed by atoms with Crippen LogP contribution in [0.5, 0.6) is 0 Å².